The van der Waals surface area contributed by atoms with E-state index in [0.717, 1.165) is 0 Å². The molecular formula is C31H53N2+. The zero-order chi connectivity index (χ0) is 23.4. The molecule has 0 radical (unpaired) electrons. The molecule has 1 heterocycles. The molecular weight excluding hydrogens is 400 g/mol. The van der Waals surface area contributed by atoms with Crippen molar-refractivity contribution in [3.63, 3.8) is 0 Å². The molecule has 0 amide bonds. The molecule has 0 aliphatic rings. The minimum absolute atomic E-state index is 0.608. The van der Waals surface area contributed by atoms with Crippen LogP contribution < -0.4 is 4.57 Å². The lowest BCUT2D eigenvalue weighted by Crippen LogP contribution is -2.42. The number of unbranched alkanes of at least 4 members (excludes halogenated alkanes) is 13. The van der Waals surface area contributed by atoms with E-state index in [-0.39, 0.29) is 0 Å². The van der Waals surface area contributed by atoms with Crippen LogP contribution in [0.3, 0.4) is 0 Å². The van der Waals surface area contributed by atoms with Crippen molar-refractivity contribution in [1.29, 1.82) is 0 Å². The van der Waals surface area contributed by atoms with E-state index in [9.17, 15) is 0 Å². The first-order valence-corrected chi connectivity index (χ1v) is 14.4. The first kappa shape index (κ1) is 27.7. The summed E-state index contributed by atoms with van der Waals surface area (Å²) in [4.78, 5) is 3.31. The summed E-state index contributed by atoms with van der Waals surface area (Å²) in [5, 5.41) is 0. The van der Waals surface area contributed by atoms with Crippen LogP contribution in [0.15, 0.2) is 49.1 Å². The van der Waals surface area contributed by atoms with E-state index >= 15 is 0 Å². The second kappa shape index (κ2) is 18.8. The van der Waals surface area contributed by atoms with Crippen LogP contribution in [0, 0.1) is 5.92 Å². The van der Waals surface area contributed by atoms with Crippen LogP contribution in [-0.4, -0.2) is 4.98 Å². The number of imidazole rings is 1. The third kappa shape index (κ3) is 12.5. The molecule has 2 rings (SSSR count). The predicted molar refractivity (Wildman–Crippen MR) is 143 cm³/mol. The van der Waals surface area contributed by atoms with Crippen molar-refractivity contribution in [2.45, 2.75) is 135 Å². The summed E-state index contributed by atoms with van der Waals surface area (Å²) in [5.41, 5.74) is 1.50. The molecule has 0 saturated heterocycles. The van der Waals surface area contributed by atoms with Crippen LogP contribution in [0.25, 0.3) is 0 Å². The van der Waals surface area contributed by atoms with Crippen molar-refractivity contribution in [3.8, 4) is 0 Å². The largest absolute Gasteiger partial charge is 0.250 e. The summed E-state index contributed by atoms with van der Waals surface area (Å²) < 4.78 is 2.48. The molecule has 0 aliphatic carbocycles. The Kier molecular flexibility index (Phi) is 15.8. The lowest BCUT2D eigenvalue weighted by Gasteiger charge is -2.25. The molecule has 2 aromatic rings. The molecule has 2 nitrogen and oxygen atoms in total. The van der Waals surface area contributed by atoms with Gasteiger partial charge in [0.1, 0.15) is 18.4 Å². The van der Waals surface area contributed by atoms with Crippen molar-refractivity contribution in [2.75, 3.05) is 0 Å². The lowest BCUT2D eigenvalue weighted by atomic mass is 9.84. The van der Waals surface area contributed by atoms with E-state index in [2.05, 4.69) is 72.5 Å². The van der Waals surface area contributed by atoms with E-state index < -0.39 is 0 Å². The third-order valence-electron chi connectivity index (χ3n) is 7.37. The minimum Gasteiger partial charge on any atom is -0.250 e. The van der Waals surface area contributed by atoms with Crippen molar-refractivity contribution in [3.05, 3.63) is 54.6 Å². The van der Waals surface area contributed by atoms with E-state index in [0.29, 0.717) is 12.0 Å². The number of hydrogen-bond acceptors (Lipinski definition) is 0. The van der Waals surface area contributed by atoms with Gasteiger partial charge in [0, 0.05) is 5.92 Å². The smallest absolute Gasteiger partial charge is 0.241 e. The Balaban J connectivity index is 1.85. The van der Waals surface area contributed by atoms with Crippen molar-refractivity contribution < 1.29 is 4.57 Å². The SMILES string of the molecule is CCCCCCCCCCCCC(Cc1ccccc1)C(CCCCCCC)[n+]1cc[nH]c1. The maximum Gasteiger partial charge on any atom is 0.241 e. The molecule has 2 heteroatoms. The van der Waals surface area contributed by atoms with Gasteiger partial charge in [0.2, 0.25) is 6.33 Å². The first-order chi connectivity index (χ1) is 16.3. The van der Waals surface area contributed by atoms with Gasteiger partial charge in [-0.1, -0.05) is 134 Å². The summed E-state index contributed by atoms with van der Waals surface area (Å²) in [5.74, 6) is 0.716. The summed E-state index contributed by atoms with van der Waals surface area (Å²) in [6.07, 6.45) is 31.4. The Morgan fingerprint density at radius 1 is 0.667 bits per heavy atom. The van der Waals surface area contributed by atoms with Crippen molar-refractivity contribution in [1.82, 2.24) is 4.98 Å². The van der Waals surface area contributed by atoms with Gasteiger partial charge >= 0.3 is 0 Å². The van der Waals surface area contributed by atoms with Gasteiger partial charge in [0.25, 0.3) is 0 Å². The number of benzene rings is 1. The fourth-order valence-electron chi connectivity index (χ4n) is 5.33. The highest BCUT2D eigenvalue weighted by molar-refractivity contribution is 5.15. The van der Waals surface area contributed by atoms with Gasteiger partial charge < -0.3 is 0 Å². The van der Waals surface area contributed by atoms with E-state index in [1.54, 1.807) is 0 Å². The number of nitrogens with one attached hydrogen (secondary N) is 1. The Labute approximate surface area is 205 Å². The van der Waals surface area contributed by atoms with Crippen LogP contribution in [0.1, 0.15) is 135 Å². The molecule has 186 valence electrons. The van der Waals surface area contributed by atoms with Crippen LogP contribution in [0.4, 0.5) is 0 Å². The van der Waals surface area contributed by atoms with Gasteiger partial charge in [0.05, 0.1) is 0 Å². The molecule has 33 heavy (non-hydrogen) atoms. The summed E-state index contributed by atoms with van der Waals surface area (Å²) in [6, 6.07) is 11.8. The predicted octanol–water partition coefficient (Wildman–Crippen LogP) is 9.37. The zero-order valence-electron chi connectivity index (χ0n) is 21.9. The zero-order valence-corrected chi connectivity index (χ0v) is 21.9. The number of nitrogens with zero attached hydrogens (tertiary/aromatic N) is 1. The number of H-pyrrole nitrogens is 1. The van der Waals surface area contributed by atoms with Gasteiger partial charge in [-0.3, -0.25) is 4.98 Å². The summed E-state index contributed by atoms with van der Waals surface area (Å²) >= 11 is 0. The molecule has 0 aliphatic heterocycles. The van der Waals surface area contributed by atoms with E-state index in [1.807, 2.05) is 0 Å². The molecule has 1 aromatic heterocycles. The van der Waals surface area contributed by atoms with Gasteiger partial charge in [0.15, 0.2) is 0 Å². The Hall–Kier alpha value is -1.57. The first-order valence-electron chi connectivity index (χ1n) is 14.4. The van der Waals surface area contributed by atoms with Gasteiger partial charge in [-0.15, -0.1) is 0 Å². The Bertz CT molecular complexity index is 649. The molecule has 0 bridgehead atoms. The van der Waals surface area contributed by atoms with Crippen LogP contribution in [-0.2, 0) is 6.42 Å². The average molecular weight is 454 g/mol. The summed E-state index contributed by atoms with van der Waals surface area (Å²) in [6.45, 7) is 4.61. The maximum atomic E-state index is 3.31. The fourth-order valence-corrected chi connectivity index (χ4v) is 5.33. The standard InChI is InChI=1S/C31H52N2/c1-3-5-7-9-10-11-12-13-15-19-23-30(27-29-21-17-16-18-22-29)31(33-26-25-32-28-33)24-20-14-8-6-4-2/h16-18,21-22,25-26,28,30-31H,3-15,19-20,23-24,27H2,1-2H3/p+1. The molecule has 2 atom stereocenters. The highest BCUT2D eigenvalue weighted by Gasteiger charge is 2.26. The molecule has 0 fully saturated rings. The fraction of sp³-hybridized carbons (Fsp3) is 0.710. The van der Waals surface area contributed by atoms with E-state index in [4.69, 9.17) is 0 Å². The quantitative estimate of drug-likeness (QED) is 0.143. The highest BCUT2D eigenvalue weighted by atomic mass is 15.1. The number of aromatic amines is 1. The van der Waals surface area contributed by atoms with Crippen LogP contribution in [0.5, 0.6) is 0 Å². The van der Waals surface area contributed by atoms with Crippen molar-refractivity contribution in [2.24, 2.45) is 5.92 Å². The second-order valence-electron chi connectivity index (χ2n) is 10.2. The third-order valence-corrected chi connectivity index (χ3v) is 7.37. The average Bonchev–Trinajstić information content (AvgIpc) is 3.37. The number of aromatic nitrogens is 2. The molecule has 2 unspecified atom stereocenters. The number of hydrogen-bond donors (Lipinski definition) is 1. The number of rotatable bonds is 21. The van der Waals surface area contributed by atoms with Gasteiger partial charge in [-0.05, 0) is 31.2 Å². The monoisotopic (exact) mass is 453 g/mol. The molecule has 1 aromatic carbocycles. The Morgan fingerprint density at radius 3 is 1.76 bits per heavy atom. The van der Waals surface area contributed by atoms with E-state index in [1.165, 1.54) is 121 Å². The van der Waals surface area contributed by atoms with Crippen molar-refractivity contribution >= 4 is 0 Å². The Morgan fingerprint density at radius 2 is 1.21 bits per heavy atom. The van der Waals surface area contributed by atoms with Gasteiger partial charge in [-0.25, -0.2) is 4.57 Å². The minimum atomic E-state index is 0.608. The van der Waals surface area contributed by atoms with Gasteiger partial charge in [-0.2, -0.15) is 0 Å². The molecule has 0 saturated carbocycles. The molecule has 1 N–H and O–H groups in total. The summed E-state index contributed by atoms with van der Waals surface area (Å²) in [7, 11) is 0. The lowest BCUT2D eigenvalue weighted by molar-refractivity contribution is -0.730. The normalized spacial score (nSPS) is 13.3. The second-order valence-corrected chi connectivity index (χ2v) is 10.2. The maximum absolute atomic E-state index is 3.31. The molecule has 0 spiro atoms. The topological polar surface area (TPSA) is 19.7 Å². The highest BCUT2D eigenvalue weighted by Crippen LogP contribution is 2.29. The van der Waals surface area contributed by atoms with Crippen LogP contribution >= 0.6 is 0 Å². The van der Waals surface area contributed by atoms with Crippen LogP contribution in [0.2, 0.25) is 0 Å².